The highest BCUT2D eigenvalue weighted by atomic mass is 15.3. The van der Waals surface area contributed by atoms with Crippen LogP contribution in [0.4, 0.5) is 0 Å². The number of aryl methyl sites for hydroxylation is 1. The molecular weight excluding hydrogens is 190 g/mol. The van der Waals surface area contributed by atoms with Gasteiger partial charge < -0.3 is 5.73 Å². The zero-order chi connectivity index (χ0) is 10.8. The van der Waals surface area contributed by atoms with E-state index in [1.54, 1.807) is 29.2 Å². The second-order valence-electron chi connectivity index (χ2n) is 3.17. The summed E-state index contributed by atoms with van der Waals surface area (Å²) in [6, 6.07) is 5.38. The highest BCUT2D eigenvalue weighted by Gasteiger charge is 2.09. The minimum absolute atomic E-state index is 0.00648. The molecule has 2 aromatic heterocycles. The smallest absolute Gasteiger partial charge is 0.164 e. The molecule has 0 aliphatic carbocycles. The predicted octanol–water partition coefficient (Wildman–Crippen LogP) is 0.860. The Morgan fingerprint density at radius 1 is 1.40 bits per heavy atom. The second-order valence-corrected chi connectivity index (χ2v) is 3.17. The second kappa shape index (κ2) is 3.53. The van der Waals surface area contributed by atoms with E-state index in [1.807, 2.05) is 13.0 Å². The average molecular weight is 201 g/mol. The van der Waals surface area contributed by atoms with Gasteiger partial charge in [0.2, 0.25) is 0 Å². The number of hydrogen-bond acceptors (Lipinski definition) is 3. The van der Waals surface area contributed by atoms with Gasteiger partial charge in [0.1, 0.15) is 5.84 Å². The van der Waals surface area contributed by atoms with Crippen LogP contribution in [-0.4, -0.2) is 20.6 Å². The molecule has 5 nitrogen and oxygen atoms in total. The van der Waals surface area contributed by atoms with Crippen molar-refractivity contribution < 1.29 is 0 Å². The summed E-state index contributed by atoms with van der Waals surface area (Å²) in [4.78, 5) is 4.18. The van der Waals surface area contributed by atoms with Gasteiger partial charge in [-0.3, -0.25) is 5.41 Å². The molecule has 76 valence electrons. The van der Waals surface area contributed by atoms with E-state index in [4.69, 9.17) is 11.1 Å². The molecule has 0 aliphatic heterocycles. The van der Waals surface area contributed by atoms with E-state index in [0.29, 0.717) is 11.4 Å². The van der Waals surface area contributed by atoms with Crippen molar-refractivity contribution in [1.29, 1.82) is 5.41 Å². The molecule has 0 fully saturated rings. The first-order valence-electron chi connectivity index (χ1n) is 4.50. The molecule has 0 amide bonds. The van der Waals surface area contributed by atoms with Crippen molar-refractivity contribution in [2.45, 2.75) is 6.92 Å². The van der Waals surface area contributed by atoms with E-state index in [2.05, 4.69) is 10.1 Å². The highest BCUT2D eigenvalue weighted by molar-refractivity contribution is 5.97. The molecule has 3 N–H and O–H groups in total. The largest absolute Gasteiger partial charge is 0.384 e. The van der Waals surface area contributed by atoms with E-state index in [-0.39, 0.29) is 5.84 Å². The maximum atomic E-state index is 7.45. The fourth-order valence-corrected chi connectivity index (χ4v) is 1.37. The molecule has 5 heteroatoms. The lowest BCUT2D eigenvalue weighted by atomic mass is 10.2. The summed E-state index contributed by atoms with van der Waals surface area (Å²) in [7, 11) is 0. The van der Waals surface area contributed by atoms with Gasteiger partial charge in [0.05, 0.1) is 5.56 Å². The minimum Gasteiger partial charge on any atom is -0.384 e. The summed E-state index contributed by atoms with van der Waals surface area (Å²) < 4.78 is 1.66. The molecule has 0 atom stereocenters. The van der Waals surface area contributed by atoms with E-state index < -0.39 is 0 Å². The predicted molar refractivity (Wildman–Crippen MR) is 57.1 cm³/mol. The summed E-state index contributed by atoms with van der Waals surface area (Å²) in [5, 5.41) is 11.6. The van der Waals surface area contributed by atoms with Gasteiger partial charge >= 0.3 is 0 Å². The molecule has 2 aromatic rings. The molecule has 0 aromatic carbocycles. The van der Waals surface area contributed by atoms with Crippen LogP contribution < -0.4 is 5.73 Å². The van der Waals surface area contributed by atoms with Crippen LogP contribution in [0.3, 0.4) is 0 Å². The summed E-state index contributed by atoms with van der Waals surface area (Å²) in [6.07, 6.45) is 3.34. The Morgan fingerprint density at radius 3 is 2.80 bits per heavy atom. The number of pyridine rings is 1. The SMILES string of the molecule is Cc1ccnn1-c1ncccc1C(=N)N. The van der Waals surface area contributed by atoms with Gasteiger partial charge in [-0.2, -0.15) is 5.10 Å². The van der Waals surface area contributed by atoms with Crippen LogP contribution in [0.15, 0.2) is 30.6 Å². The molecule has 0 spiro atoms. The molecule has 0 saturated heterocycles. The van der Waals surface area contributed by atoms with Crippen molar-refractivity contribution in [3.63, 3.8) is 0 Å². The summed E-state index contributed by atoms with van der Waals surface area (Å²) in [6.45, 7) is 1.92. The van der Waals surface area contributed by atoms with Gasteiger partial charge in [0.15, 0.2) is 5.82 Å². The monoisotopic (exact) mass is 201 g/mol. The van der Waals surface area contributed by atoms with Crippen molar-refractivity contribution in [3.8, 4) is 5.82 Å². The van der Waals surface area contributed by atoms with Crippen LogP contribution in [0.1, 0.15) is 11.3 Å². The number of rotatable bonds is 2. The first-order chi connectivity index (χ1) is 7.20. The van der Waals surface area contributed by atoms with Crippen LogP contribution in [0, 0.1) is 12.3 Å². The Labute approximate surface area is 87.1 Å². The summed E-state index contributed by atoms with van der Waals surface area (Å²) in [5.74, 6) is 0.584. The fourth-order valence-electron chi connectivity index (χ4n) is 1.37. The Morgan fingerprint density at radius 2 is 2.20 bits per heavy atom. The van der Waals surface area contributed by atoms with E-state index in [9.17, 15) is 0 Å². The number of nitrogen functional groups attached to an aromatic ring is 1. The Balaban J connectivity index is 2.63. The molecule has 0 saturated carbocycles. The van der Waals surface area contributed by atoms with E-state index in [0.717, 1.165) is 5.69 Å². The quantitative estimate of drug-likeness (QED) is 0.558. The highest BCUT2D eigenvalue weighted by Crippen LogP contribution is 2.11. The van der Waals surface area contributed by atoms with E-state index in [1.165, 1.54) is 0 Å². The third-order valence-corrected chi connectivity index (χ3v) is 2.11. The maximum absolute atomic E-state index is 7.45. The Bertz CT molecular complexity index is 500. The number of hydrogen-bond donors (Lipinski definition) is 2. The van der Waals surface area contributed by atoms with Crippen molar-refractivity contribution in [2.24, 2.45) is 5.73 Å². The van der Waals surface area contributed by atoms with Crippen molar-refractivity contribution in [2.75, 3.05) is 0 Å². The normalized spacial score (nSPS) is 10.2. The van der Waals surface area contributed by atoms with Gasteiger partial charge in [0, 0.05) is 18.1 Å². The van der Waals surface area contributed by atoms with Crippen molar-refractivity contribution in [3.05, 3.63) is 41.9 Å². The molecule has 0 radical (unpaired) electrons. The Hall–Kier alpha value is -2.17. The minimum atomic E-state index is -0.00648. The van der Waals surface area contributed by atoms with Gasteiger partial charge in [-0.05, 0) is 25.1 Å². The zero-order valence-corrected chi connectivity index (χ0v) is 8.31. The molecule has 0 aliphatic rings. The van der Waals surface area contributed by atoms with Gasteiger partial charge in [-0.15, -0.1) is 0 Å². The zero-order valence-electron chi connectivity index (χ0n) is 8.31. The van der Waals surface area contributed by atoms with Crippen molar-refractivity contribution >= 4 is 5.84 Å². The lowest BCUT2D eigenvalue weighted by Gasteiger charge is -2.07. The van der Waals surface area contributed by atoms with Gasteiger partial charge in [-0.1, -0.05) is 0 Å². The topological polar surface area (TPSA) is 80.6 Å². The van der Waals surface area contributed by atoms with E-state index >= 15 is 0 Å². The molecule has 15 heavy (non-hydrogen) atoms. The lowest BCUT2D eigenvalue weighted by Crippen LogP contribution is -2.16. The summed E-state index contributed by atoms with van der Waals surface area (Å²) >= 11 is 0. The molecule has 0 unspecified atom stereocenters. The van der Waals surface area contributed by atoms with Crippen LogP contribution in [0.25, 0.3) is 5.82 Å². The van der Waals surface area contributed by atoms with Crippen LogP contribution in [0.5, 0.6) is 0 Å². The Kier molecular flexibility index (Phi) is 2.21. The van der Waals surface area contributed by atoms with Crippen molar-refractivity contribution in [1.82, 2.24) is 14.8 Å². The molecule has 2 rings (SSSR count). The maximum Gasteiger partial charge on any atom is 0.164 e. The average Bonchev–Trinajstić information content (AvgIpc) is 2.64. The molecule has 2 heterocycles. The fraction of sp³-hybridized carbons (Fsp3) is 0.100. The van der Waals surface area contributed by atoms with Crippen LogP contribution in [0.2, 0.25) is 0 Å². The first kappa shape index (κ1) is 9.39. The van der Waals surface area contributed by atoms with Crippen LogP contribution in [-0.2, 0) is 0 Å². The third kappa shape index (κ3) is 1.59. The third-order valence-electron chi connectivity index (χ3n) is 2.11. The number of amidine groups is 1. The standard InChI is InChI=1S/C10H11N5/c1-7-4-6-14-15(7)10-8(9(11)12)3-2-5-13-10/h2-6H,1H3,(H3,11,12). The number of nitrogens with zero attached hydrogens (tertiary/aromatic N) is 3. The number of aromatic nitrogens is 3. The lowest BCUT2D eigenvalue weighted by molar-refractivity contribution is 0.815. The molecular formula is C10H11N5. The van der Waals surface area contributed by atoms with Crippen LogP contribution >= 0.6 is 0 Å². The number of nitrogens with one attached hydrogen (secondary N) is 1. The van der Waals surface area contributed by atoms with Gasteiger partial charge in [0.25, 0.3) is 0 Å². The number of nitrogens with two attached hydrogens (primary N) is 1. The first-order valence-corrected chi connectivity index (χ1v) is 4.50. The van der Waals surface area contributed by atoms with Gasteiger partial charge in [-0.25, -0.2) is 9.67 Å². The molecule has 0 bridgehead atoms. The summed E-state index contributed by atoms with van der Waals surface area (Å²) in [5.41, 5.74) is 7.02.